The van der Waals surface area contributed by atoms with Crippen LogP contribution in [0.15, 0.2) is 0 Å². The minimum atomic E-state index is 0.0286. The van der Waals surface area contributed by atoms with E-state index in [-0.39, 0.29) is 12.4 Å². The first-order chi connectivity index (χ1) is 6.55. The number of hydrogen-bond acceptors (Lipinski definition) is 2. The van der Waals surface area contributed by atoms with Gasteiger partial charge >= 0.3 is 7.12 Å². The fourth-order valence-corrected chi connectivity index (χ4v) is 3.29. The first kappa shape index (κ1) is 9.23. The van der Waals surface area contributed by atoms with Gasteiger partial charge in [-0.3, -0.25) is 0 Å². The lowest BCUT2D eigenvalue weighted by atomic mass is 9.61. The topological polar surface area (TPSA) is 18.5 Å². The lowest BCUT2D eigenvalue weighted by molar-refractivity contribution is 0.100. The molecular formula is C11H19BO2. The van der Waals surface area contributed by atoms with Crippen LogP contribution in [0.4, 0.5) is 0 Å². The summed E-state index contributed by atoms with van der Waals surface area (Å²) in [5.74, 6) is 1.61. The highest BCUT2D eigenvalue weighted by atomic mass is 16.7. The van der Waals surface area contributed by atoms with Crippen LogP contribution in [0.1, 0.15) is 40.0 Å². The highest BCUT2D eigenvalue weighted by Gasteiger charge is 2.57. The van der Waals surface area contributed by atoms with E-state index in [0.717, 1.165) is 11.8 Å². The molecule has 1 heterocycles. The van der Waals surface area contributed by atoms with Crippen LogP contribution in [0.5, 0.6) is 0 Å². The van der Waals surface area contributed by atoms with Gasteiger partial charge in [0, 0.05) is 0 Å². The van der Waals surface area contributed by atoms with Crippen LogP contribution >= 0.6 is 0 Å². The molecule has 0 N–H and O–H groups in total. The van der Waals surface area contributed by atoms with Gasteiger partial charge in [-0.05, 0) is 36.4 Å². The van der Waals surface area contributed by atoms with Crippen molar-refractivity contribution < 1.29 is 9.31 Å². The molecule has 2 saturated carbocycles. The first-order valence-electron chi connectivity index (χ1n) is 5.86. The normalized spacial score (nSPS) is 46.1. The maximum Gasteiger partial charge on any atom is 0.463 e. The summed E-state index contributed by atoms with van der Waals surface area (Å²) in [6.45, 7) is 6.59. The number of rotatable bonds is 0. The molecule has 78 valence electrons. The molecule has 0 spiro atoms. The van der Waals surface area contributed by atoms with E-state index in [1.54, 1.807) is 0 Å². The average molecular weight is 194 g/mol. The molecule has 14 heavy (non-hydrogen) atoms. The lowest BCUT2D eigenvalue weighted by Crippen LogP contribution is -2.29. The molecule has 4 atom stereocenters. The van der Waals surface area contributed by atoms with Gasteiger partial charge in [0.25, 0.3) is 0 Å². The Balaban J connectivity index is 1.77. The summed E-state index contributed by atoms with van der Waals surface area (Å²) in [5, 5.41) is 0.129. The van der Waals surface area contributed by atoms with Gasteiger partial charge in [0.15, 0.2) is 0 Å². The van der Waals surface area contributed by atoms with Gasteiger partial charge in [0.2, 0.25) is 0 Å². The van der Waals surface area contributed by atoms with Crippen LogP contribution in [0, 0.1) is 11.8 Å². The standard InChI is InChI=1S/C11H19BO2/c1-11(2,3)12-13-9-7-4-5-8(6-7)10(9)14-12/h7-10H,4-6H2,1-3H3/t7?,8?,9-,10+. The lowest BCUT2D eigenvalue weighted by Gasteiger charge is -2.22. The zero-order valence-electron chi connectivity index (χ0n) is 9.32. The quantitative estimate of drug-likeness (QED) is 0.551. The molecule has 2 nitrogen and oxygen atoms in total. The Kier molecular flexibility index (Phi) is 1.82. The Hall–Kier alpha value is -0.0151. The SMILES string of the molecule is CC(C)(C)B1O[C@@H]2C3CCC(C3)[C@@H]2O1. The molecule has 3 aliphatic rings. The van der Waals surface area contributed by atoms with E-state index >= 15 is 0 Å². The monoisotopic (exact) mass is 194 g/mol. The molecule has 2 bridgehead atoms. The second kappa shape index (κ2) is 2.76. The highest BCUT2D eigenvalue weighted by molar-refractivity contribution is 6.49. The molecule has 3 fully saturated rings. The zero-order chi connectivity index (χ0) is 9.92. The second-order valence-corrected chi connectivity index (χ2v) is 6.23. The summed E-state index contributed by atoms with van der Waals surface area (Å²) in [6.07, 6.45) is 4.94. The molecular weight excluding hydrogens is 175 g/mol. The molecule has 0 aromatic rings. The van der Waals surface area contributed by atoms with Crippen molar-refractivity contribution in [1.82, 2.24) is 0 Å². The van der Waals surface area contributed by atoms with Crippen LogP contribution in [-0.4, -0.2) is 19.3 Å². The van der Waals surface area contributed by atoms with E-state index in [2.05, 4.69) is 20.8 Å². The molecule has 1 saturated heterocycles. The van der Waals surface area contributed by atoms with E-state index in [0.29, 0.717) is 12.2 Å². The summed E-state index contributed by atoms with van der Waals surface area (Å²) in [7, 11) is 0.0286. The van der Waals surface area contributed by atoms with Crippen LogP contribution < -0.4 is 0 Å². The van der Waals surface area contributed by atoms with Gasteiger partial charge < -0.3 is 9.31 Å². The Bertz CT molecular complexity index is 230. The molecule has 0 aromatic heterocycles. The molecule has 0 aromatic carbocycles. The van der Waals surface area contributed by atoms with Gasteiger partial charge in [-0.1, -0.05) is 20.8 Å². The predicted octanol–water partition coefficient (Wildman–Crippen LogP) is 2.49. The van der Waals surface area contributed by atoms with E-state index in [1.165, 1.54) is 19.3 Å². The summed E-state index contributed by atoms with van der Waals surface area (Å²) in [6, 6.07) is 0. The van der Waals surface area contributed by atoms with Crippen molar-refractivity contribution in [3.8, 4) is 0 Å². The van der Waals surface area contributed by atoms with Crippen molar-refractivity contribution in [3.63, 3.8) is 0 Å². The van der Waals surface area contributed by atoms with Crippen molar-refractivity contribution in [1.29, 1.82) is 0 Å². The number of hydrogen-bond donors (Lipinski definition) is 0. The van der Waals surface area contributed by atoms with Gasteiger partial charge in [-0.25, -0.2) is 0 Å². The van der Waals surface area contributed by atoms with Crippen LogP contribution in [0.3, 0.4) is 0 Å². The van der Waals surface area contributed by atoms with Crippen molar-refractivity contribution in [2.24, 2.45) is 11.8 Å². The molecule has 0 radical (unpaired) electrons. The molecule has 3 rings (SSSR count). The second-order valence-electron chi connectivity index (χ2n) is 6.23. The summed E-state index contributed by atoms with van der Waals surface area (Å²) < 4.78 is 12.1. The predicted molar refractivity (Wildman–Crippen MR) is 56.0 cm³/mol. The Morgan fingerprint density at radius 3 is 1.93 bits per heavy atom. The van der Waals surface area contributed by atoms with Crippen LogP contribution in [-0.2, 0) is 9.31 Å². The molecule has 0 amide bonds. The summed E-state index contributed by atoms with van der Waals surface area (Å²) >= 11 is 0. The van der Waals surface area contributed by atoms with Gasteiger partial charge in [0.1, 0.15) is 0 Å². The first-order valence-corrected chi connectivity index (χ1v) is 5.86. The number of fused-ring (bicyclic) bond motifs is 5. The molecule has 1 aliphatic heterocycles. The van der Waals surface area contributed by atoms with E-state index in [1.807, 2.05) is 0 Å². The Morgan fingerprint density at radius 1 is 1.00 bits per heavy atom. The summed E-state index contributed by atoms with van der Waals surface area (Å²) in [4.78, 5) is 0. The van der Waals surface area contributed by atoms with Crippen molar-refractivity contribution in [2.75, 3.05) is 0 Å². The third-order valence-corrected chi connectivity index (χ3v) is 4.04. The van der Waals surface area contributed by atoms with E-state index in [4.69, 9.17) is 9.31 Å². The third kappa shape index (κ3) is 1.18. The largest absolute Gasteiger partial charge is 0.463 e. The minimum Gasteiger partial charge on any atom is -0.405 e. The molecule has 3 heteroatoms. The molecule has 2 unspecified atom stereocenters. The highest BCUT2D eigenvalue weighted by Crippen LogP contribution is 2.52. The van der Waals surface area contributed by atoms with Gasteiger partial charge in [-0.15, -0.1) is 0 Å². The van der Waals surface area contributed by atoms with Crippen molar-refractivity contribution >= 4 is 7.12 Å². The van der Waals surface area contributed by atoms with E-state index < -0.39 is 0 Å². The van der Waals surface area contributed by atoms with Gasteiger partial charge in [0.05, 0.1) is 12.2 Å². The average Bonchev–Trinajstić information content (AvgIpc) is 2.74. The van der Waals surface area contributed by atoms with Crippen molar-refractivity contribution in [3.05, 3.63) is 0 Å². The maximum atomic E-state index is 6.06. The summed E-state index contributed by atoms with van der Waals surface area (Å²) in [5.41, 5.74) is 0. The fraction of sp³-hybridized carbons (Fsp3) is 1.00. The zero-order valence-corrected chi connectivity index (χ0v) is 9.32. The van der Waals surface area contributed by atoms with Crippen molar-refractivity contribution in [2.45, 2.75) is 57.6 Å². The van der Waals surface area contributed by atoms with E-state index in [9.17, 15) is 0 Å². The third-order valence-electron chi connectivity index (χ3n) is 4.04. The maximum absolute atomic E-state index is 6.06. The minimum absolute atomic E-state index is 0.0286. The molecule has 2 aliphatic carbocycles. The fourth-order valence-electron chi connectivity index (χ4n) is 3.29. The van der Waals surface area contributed by atoms with Crippen LogP contribution in [0.2, 0.25) is 5.31 Å². The Morgan fingerprint density at radius 2 is 1.50 bits per heavy atom. The Labute approximate surface area is 86.5 Å². The smallest absolute Gasteiger partial charge is 0.405 e. The van der Waals surface area contributed by atoms with Gasteiger partial charge in [-0.2, -0.15) is 0 Å². The van der Waals surface area contributed by atoms with Crippen LogP contribution in [0.25, 0.3) is 0 Å².